The SMILES string of the molecule is Fc1cc(CCl)cc(N2CCc3ccccc32)c1. The Morgan fingerprint density at radius 2 is 2.00 bits per heavy atom. The topological polar surface area (TPSA) is 3.24 Å². The van der Waals surface area contributed by atoms with Crippen molar-refractivity contribution in [2.75, 3.05) is 11.4 Å². The van der Waals surface area contributed by atoms with Gasteiger partial charge in [-0.25, -0.2) is 4.39 Å². The molecule has 1 heterocycles. The Kier molecular flexibility index (Phi) is 2.96. The van der Waals surface area contributed by atoms with Gasteiger partial charge in [-0.05, 0) is 41.8 Å². The van der Waals surface area contributed by atoms with Crippen LogP contribution in [-0.2, 0) is 12.3 Å². The van der Waals surface area contributed by atoms with Crippen molar-refractivity contribution in [1.29, 1.82) is 0 Å². The smallest absolute Gasteiger partial charge is 0.125 e. The van der Waals surface area contributed by atoms with Crippen LogP contribution < -0.4 is 4.90 Å². The monoisotopic (exact) mass is 261 g/mol. The van der Waals surface area contributed by atoms with Crippen molar-refractivity contribution in [3.8, 4) is 0 Å². The predicted molar refractivity (Wildman–Crippen MR) is 73.1 cm³/mol. The van der Waals surface area contributed by atoms with Gasteiger partial charge < -0.3 is 4.90 Å². The highest BCUT2D eigenvalue weighted by Crippen LogP contribution is 2.35. The van der Waals surface area contributed by atoms with Gasteiger partial charge in [-0.3, -0.25) is 0 Å². The number of fused-ring (bicyclic) bond motifs is 1. The molecule has 0 amide bonds. The van der Waals surface area contributed by atoms with Crippen LogP contribution in [0.1, 0.15) is 11.1 Å². The summed E-state index contributed by atoms with van der Waals surface area (Å²) in [5.74, 6) is 0.104. The maximum absolute atomic E-state index is 13.6. The van der Waals surface area contributed by atoms with E-state index in [9.17, 15) is 4.39 Å². The minimum atomic E-state index is -0.229. The highest BCUT2D eigenvalue weighted by atomic mass is 35.5. The third-order valence-corrected chi connectivity index (χ3v) is 3.60. The summed E-state index contributed by atoms with van der Waals surface area (Å²) < 4.78 is 13.6. The second-order valence-corrected chi connectivity index (χ2v) is 4.75. The summed E-state index contributed by atoms with van der Waals surface area (Å²) in [6.07, 6.45) is 1.00. The van der Waals surface area contributed by atoms with Gasteiger partial charge in [0, 0.05) is 23.8 Å². The molecule has 0 aromatic heterocycles. The van der Waals surface area contributed by atoms with Gasteiger partial charge in [0.15, 0.2) is 0 Å². The number of halogens is 2. The normalized spacial score (nSPS) is 13.8. The molecule has 3 rings (SSSR count). The van der Waals surface area contributed by atoms with E-state index >= 15 is 0 Å². The van der Waals surface area contributed by atoms with E-state index in [4.69, 9.17) is 11.6 Å². The Bertz CT molecular complexity index is 582. The molecule has 0 atom stereocenters. The number of hydrogen-bond acceptors (Lipinski definition) is 1. The van der Waals surface area contributed by atoms with E-state index in [1.807, 2.05) is 18.2 Å². The van der Waals surface area contributed by atoms with E-state index in [0.29, 0.717) is 5.88 Å². The molecule has 92 valence electrons. The highest BCUT2D eigenvalue weighted by molar-refractivity contribution is 6.17. The van der Waals surface area contributed by atoms with Gasteiger partial charge in [0.05, 0.1) is 0 Å². The number of nitrogens with zero attached hydrogens (tertiary/aromatic N) is 1. The molecule has 3 heteroatoms. The lowest BCUT2D eigenvalue weighted by atomic mass is 10.1. The largest absolute Gasteiger partial charge is 0.341 e. The number of rotatable bonds is 2. The molecule has 2 aromatic rings. The molecule has 2 aromatic carbocycles. The quantitative estimate of drug-likeness (QED) is 0.730. The summed E-state index contributed by atoms with van der Waals surface area (Å²) in [7, 11) is 0. The Morgan fingerprint density at radius 1 is 1.17 bits per heavy atom. The fourth-order valence-corrected chi connectivity index (χ4v) is 2.63. The summed E-state index contributed by atoms with van der Waals surface area (Å²) in [5.41, 5.74) is 4.18. The van der Waals surface area contributed by atoms with Crippen LogP contribution in [0.3, 0.4) is 0 Å². The van der Waals surface area contributed by atoms with Crippen LogP contribution in [0.2, 0.25) is 0 Å². The van der Waals surface area contributed by atoms with Crippen LogP contribution in [0.4, 0.5) is 15.8 Å². The average molecular weight is 262 g/mol. The van der Waals surface area contributed by atoms with Crippen molar-refractivity contribution in [1.82, 2.24) is 0 Å². The molecular formula is C15H13ClFN. The first-order chi connectivity index (χ1) is 8.78. The Morgan fingerprint density at radius 3 is 2.83 bits per heavy atom. The standard InChI is InChI=1S/C15H13ClFN/c16-10-11-7-13(17)9-14(8-11)18-6-5-12-3-1-2-4-15(12)18/h1-4,7-9H,5-6,10H2. The number of hydrogen-bond donors (Lipinski definition) is 0. The lowest BCUT2D eigenvalue weighted by Gasteiger charge is -2.20. The minimum Gasteiger partial charge on any atom is -0.341 e. The number of anilines is 2. The molecule has 0 N–H and O–H groups in total. The lowest BCUT2D eigenvalue weighted by Crippen LogP contribution is -2.13. The van der Waals surface area contributed by atoms with Crippen molar-refractivity contribution in [3.05, 3.63) is 59.4 Å². The third kappa shape index (κ3) is 1.97. The van der Waals surface area contributed by atoms with Crippen LogP contribution >= 0.6 is 11.6 Å². The summed E-state index contributed by atoms with van der Waals surface area (Å²) in [5, 5.41) is 0. The summed E-state index contributed by atoms with van der Waals surface area (Å²) in [4.78, 5) is 2.15. The Hall–Kier alpha value is -1.54. The number of alkyl halides is 1. The van der Waals surface area contributed by atoms with Crippen LogP contribution in [0.25, 0.3) is 0 Å². The van der Waals surface area contributed by atoms with E-state index in [1.54, 1.807) is 6.07 Å². The fraction of sp³-hybridized carbons (Fsp3) is 0.200. The van der Waals surface area contributed by atoms with Crippen LogP contribution in [0.15, 0.2) is 42.5 Å². The second kappa shape index (κ2) is 4.62. The van der Waals surface area contributed by atoms with Gasteiger partial charge in [0.25, 0.3) is 0 Å². The third-order valence-electron chi connectivity index (χ3n) is 3.30. The zero-order valence-corrected chi connectivity index (χ0v) is 10.6. The Labute approximate surface area is 111 Å². The Balaban J connectivity index is 2.04. The van der Waals surface area contributed by atoms with Gasteiger partial charge >= 0.3 is 0 Å². The summed E-state index contributed by atoms with van der Waals surface area (Å²) in [6.45, 7) is 0.893. The molecule has 0 radical (unpaired) electrons. The van der Waals surface area contributed by atoms with Gasteiger partial charge in [0.1, 0.15) is 5.82 Å². The molecule has 0 bridgehead atoms. The number of para-hydroxylation sites is 1. The van der Waals surface area contributed by atoms with E-state index in [0.717, 1.165) is 24.2 Å². The van der Waals surface area contributed by atoms with Gasteiger partial charge in [0.2, 0.25) is 0 Å². The van der Waals surface area contributed by atoms with E-state index in [2.05, 4.69) is 17.0 Å². The maximum atomic E-state index is 13.6. The molecule has 0 fully saturated rings. The molecule has 18 heavy (non-hydrogen) atoms. The second-order valence-electron chi connectivity index (χ2n) is 4.48. The van der Waals surface area contributed by atoms with Gasteiger partial charge in [-0.15, -0.1) is 11.6 Å². The molecule has 0 unspecified atom stereocenters. The first-order valence-electron chi connectivity index (χ1n) is 5.99. The molecular weight excluding hydrogens is 249 g/mol. The zero-order chi connectivity index (χ0) is 12.5. The van der Waals surface area contributed by atoms with Crippen molar-refractivity contribution in [2.45, 2.75) is 12.3 Å². The van der Waals surface area contributed by atoms with Crippen molar-refractivity contribution >= 4 is 23.0 Å². The van der Waals surface area contributed by atoms with Crippen LogP contribution in [0, 0.1) is 5.82 Å². The lowest BCUT2D eigenvalue weighted by molar-refractivity contribution is 0.626. The first-order valence-corrected chi connectivity index (χ1v) is 6.52. The van der Waals surface area contributed by atoms with Gasteiger partial charge in [-0.2, -0.15) is 0 Å². The number of benzene rings is 2. The van der Waals surface area contributed by atoms with Crippen LogP contribution in [-0.4, -0.2) is 6.54 Å². The van der Waals surface area contributed by atoms with E-state index < -0.39 is 0 Å². The average Bonchev–Trinajstić information content (AvgIpc) is 2.81. The molecule has 0 saturated heterocycles. The molecule has 0 saturated carbocycles. The fourth-order valence-electron chi connectivity index (χ4n) is 2.47. The van der Waals surface area contributed by atoms with Crippen molar-refractivity contribution < 1.29 is 4.39 Å². The van der Waals surface area contributed by atoms with Crippen LogP contribution in [0.5, 0.6) is 0 Å². The zero-order valence-electron chi connectivity index (χ0n) is 9.87. The highest BCUT2D eigenvalue weighted by Gasteiger charge is 2.20. The van der Waals surface area contributed by atoms with E-state index in [-0.39, 0.29) is 5.82 Å². The molecule has 1 aliphatic rings. The van der Waals surface area contributed by atoms with Gasteiger partial charge in [-0.1, -0.05) is 18.2 Å². The molecule has 1 aliphatic heterocycles. The minimum absolute atomic E-state index is 0.229. The van der Waals surface area contributed by atoms with E-state index in [1.165, 1.54) is 17.3 Å². The summed E-state index contributed by atoms with van der Waals surface area (Å²) >= 11 is 5.79. The maximum Gasteiger partial charge on any atom is 0.125 e. The summed E-state index contributed by atoms with van der Waals surface area (Å²) in [6, 6.07) is 13.3. The molecule has 0 spiro atoms. The molecule has 1 nitrogen and oxygen atoms in total. The first kappa shape index (κ1) is 11.5. The molecule has 0 aliphatic carbocycles. The predicted octanol–water partition coefficient (Wildman–Crippen LogP) is 4.26. The van der Waals surface area contributed by atoms with Crippen molar-refractivity contribution in [2.24, 2.45) is 0 Å². The van der Waals surface area contributed by atoms with Crippen molar-refractivity contribution in [3.63, 3.8) is 0 Å².